The minimum Gasteiger partial charge on any atom is -0.135 e. The molecule has 0 atom stereocenters. The van der Waals surface area contributed by atoms with Crippen LogP contribution in [0.5, 0.6) is 0 Å². The molecular weight excluding hydrogens is 296 g/mol. The van der Waals surface area contributed by atoms with Crippen LogP contribution in [0.15, 0.2) is 84.9 Å². The van der Waals surface area contributed by atoms with Gasteiger partial charge in [0.1, 0.15) is 0 Å². The van der Waals surface area contributed by atoms with Gasteiger partial charge in [0.05, 0.1) is 0 Å². The summed E-state index contributed by atoms with van der Waals surface area (Å²) in [6.07, 6.45) is 4.38. The van der Waals surface area contributed by atoms with E-state index in [1.165, 1.54) is 31.7 Å². The van der Waals surface area contributed by atoms with Crippen molar-refractivity contribution in [1.82, 2.24) is 0 Å². The largest absolute Gasteiger partial charge is 0.135 e. The number of hydrogen-bond acceptors (Lipinski definition) is 1. The second-order valence-electron chi connectivity index (χ2n) is 5.48. The van der Waals surface area contributed by atoms with Crippen LogP contribution in [0, 0.1) is 0 Å². The normalized spacial score (nSPS) is 11.3. The Hall–Kier alpha value is -2.64. The first-order chi connectivity index (χ1) is 11.4. The fourth-order valence-electron chi connectivity index (χ4n) is 2.73. The lowest BCUT2D eigenvalue weighted by Crippen LogP contribution is -1.79. The fraction of sp³-hybridized carbons (Fsp3) is 0. The molecule has 0 aliphatic carbocycles. The third-order valence-corrected chi connectivity index (χ3v) is 5.06. The smallest absolute Gasteiger partial charge is 0.0361 e. The SMILES string of the molecule is C(=C\c1ccccc1-c1cc2ccccc2s1)/c1ccccc1. The highest BCUT2D eigenvalue weighted by molar-refractivity contribution is 7.22. The van der Waals surface area contributed by atoms with Gasteiger partial charge < -0.3 is 0 Å². The monoisotopic (exact) mass is 312 g/mol. The molecule has 110 valence electrons. The third kappa shape index (κ3) is 2.96. The zero-order valence-electron chi connectivity index (χ0n) is 12.6. The Morgan fingerprint density at radius 2 is 1.39 bits per heavy atom. The maximum atomic E-state index is 2.29. The second-order valence-corrected chi connectivity index (χ2v) is 6.56. The maximum absolute atomic E-state index is 2.29. The van der Waals surface area contributed by atoms with Gasteiger partial charge in [-0.3, -0.25) is 0 Å². The summed E-state index contributed by atoms with van der Waals surface area (Å²) in [4.78, 5) is 1.32. The maximum Gasteiger partial charge on any atom is 0.0361 e. The first-order valence-electron chi connectivity index (χ1n) is 7.71. The molecular formula is C22H16S. The van der Waals surface area contributed by atoms with Gasteiger partial charge in [-0.2, -0.15) is 0 Å². The molecule has 23 heavy (non-hydrogen) atoms. The zero-order valence-corrected chi connectivity index (χ0v) is 13.5. The van der Waals surface area contributed by atoms with Crippen molar-refractivity contribution in [3.63, 3.8) is 0 Å². The summed E-state index contributed by atoms with van der Waals surface area (Å²) in [5.41, 5.74) is 3.77. The highest BCUT2D eigenvalue weighted by Gasteiger charge is 2.06. The van der Waals surface area contributed by atoms with Gasteiger partial charge in [0.15, 0.2) is 0 Å². The molecule has 0 amide bonds. The van der Waals surface area contributed by atoms with Crippen molar-refractivity contribution in [2.24, 2.45) is 0 Å². The van der Waals surface area contributed by atoms with Crippen LogP contribution in [0.4, 0.5) is 0 Å². The minimum atomic E-state index is 1.22. The van der Waals surface area contributed by atoms with Crippen molar-refractivity contribution in [3.05, 3.63) is 96.1 Å². The zero-order chi connectivity index (χ0) is 15.5. The van der Waals surface area contributed by atoms with Gasteiger partial charge in [-0.05, 0) is 34.2 Å². The van der Waals surface area contributed by atoms with Crippen LogP contribution in [0.3, 0.4) is 0 Å². The van der Waals surface area contributed by atoms with E-state index < -0.39 is 0 Å². The number of thiophene rings is 1. The van der Waals surface area contributed by atoms with Gasteiger partial charge in [-0.15, -0.1) is 11.3 Å². The Kier molecular flexibility index (Phi) is 3.79. The van der Waals surface area contributed by atoms with E-state index in [1.54, 1.807) is 0 Å². The third-order valence-electron chi connectivity index (χ3n) is 3.91. The molecule has 0 bridgehead atoms. The first-order valence-corrected chi connectivity index (χ1v) is 8.53. The van der Waals surface area contributed by atoms with E-state index in [0.29, 0.717) is 0 Å². The van der Waals surface area contributed by atoms with Crippen molar-refractivity contribution < 1.29 is 0 Å². The molecule has 1 heteroatoms. The quantitative estimate of drug-likeness (QED) is 0.367. The van der Waals surface area contributed by atoms with Gasteiger partial charge in [0.2, 0.25) is 0 Å². The Bertz CT molecular complexity index is 928. The molecule has 0 N–H and O–H groups in total. The summed E-state index contributed by atoms with van der Waals surface area (Å²) in [5, 5.41) is 1.31. The number of hydrogen-bond donors (Lipinski definition) is 0. The highest BCUT2D eigenvalue weighted by atomic mass is 32.1. The minimum absolute atomic E-state index is 1.22. The summed E-state index contributed by atoms with van der Waals surface area (Å²) < 4.78 is 1.34. The van der Waals surface area contributed by atoms with E-state index in [-0.39, 0.29) is 0 Å². The summed E-state index contributed by atoms with van der Waals surface area (Å²) >= 11 is 1.85. The Morgan fingerprint density at radius 3 is 2.26 bits per heavy atom. The molecule has 0 fully saturated rings. The van der Waals surface area contributed by atoms with Crippen molar-refractivity contribution in [3.8, 4) is 10.4 Å². The molecule has 4 rings (SSSR count). The number of rotatable bonds is 3. The topological polar surface area (TPSA) is 0 Å². The van der Waals surface area contributed by atoms with E-state index >= 15 is 0 Å². The van der Waals surface area contributed by atoms with Crippen LogP contribution >= 0.6 is 11.3 Å². The summed E-state index contributed by atoms with van der Waals surface area (Å²) in [6.45, 7) is 0. The van der Waals surface area contributed by atoms with Crippen LogP contribution < -0.4 is 0 Å². The van der Waals surface area contributed by atoms with E-state index in [2.05, 4.69) is 91.0 Å². The molecule has 1 aromatic heterocycles. The molecule has 0 radical (unpaired) electrons. The van der Waals surface area contributed by atoms with Crippen molar-refractivity contribution in [2.75, 3.05) is 0 Å². The van der Waals surface area contributed by atoms with Gasteiger partial charge in [-0.25, -0.2) is 0 Å². The van der Waals surface area contributed by atoms with Gasteiger partial charge in [0, 0.05) is 9.58 Å². The molecule has 3 aromatic carbocycles. The van der Waals surface area contributed by atoms with E-state index in [0.717, 1.165) is 0 Å². The van der Waals surface area contributed by atoms with Crippen molar-refractivity contribution in [2.45, 2.75) is 0 Å². The first kappa shape index (κ1) is 14.0. The number of benzene rings is 3. The van der Waals surface area contributed by atoms with Gasteiger partial charge >= 0.3 is 0 Å². The molecule has 0 nitrogen and oxygen atoms in total. The Morgan fingerprint density at radius 1 is 0.652 bits per heavy atom. The summed E-state index contributed by atoms with van der Waals surface area (Å²) in [5.74, 6) is 0. The predicted octanol–water partition coefficient (Wildman–Crippen LogP) is 6.74. The average Bonchev–Trinajstić information content (AvgIpc) is 3.05. The molecule has 0 saturated heterocycles. The van der Waals surface area contributed by atoms with Crippen LogP contribution in [0.2, 0.25) is 0 Å². The van der Waals surface area contributed by atoms with Gasteiger partial charge in [0.25, 0.3) is 0 Å². The van der Waals surface area contributed by atoms with Crippen LogP contribution in [0.25, 0.3) is 32.7 Å². The number of fused-ring (bicyclic) bond motifs is 1. The van der Waals surface area contributed by atoms with Crippen molar-refractivity contribution in [1.29, 1.82) is 0 Å². The summed E-state index contributed by atoms with van der Waals surface area (Å²) in [6, 6.07) is 29.9. The molecule has 0 aliphatic rings. The van der Waals surface area contributed by atoms with Crippen molar-refractivity contribution >= 4 is 33.6 Å². The van der Waals surface area contributed by atoms with E-state index in [9.17, 15) is 0 Å². The lowest BCUT2D eigenvalue weighted by Gasteiger charge is -2.03. The lowest BCUT2D eigenvalue weighted by molar-refractivity contribution is 1.64. The van der Waals surface area contributed by atoms with Crippen LogP contribution in [-0.2, 0) is 0 Å². The average molecular weight is 312 g/mol. The van der Waals surface area contributed by atoms with E-state index in [4.69, 9.17) is 0 Å². The highest BCUT2D eigenvalue weighted by Crippen LogP contribution is 2.35. The molecule has 0 spiro atoms. The molecule has 0 aliphatic heterocycles. The second kappa shape index (κ2) is 6.23. The molecule has 0 saturated carbocycles. The van der Waals surface area contributed by atoms with Gasteiger partial charge in [-0.1, -0.05) is 84.9 Å². The predicted molar refractivity (Wildman–Crippen MR) is 103 cm³/mol. The Balaban J connectivity index is 1.76. The lowest BCUT2D eigenvalue weighted by atomic mass is 10.0. The van der Waals surface area contributed by atoms with Crippen LogP contribution in [0.1, 0.15) is 11.1 Å². The van der Waals surface area contributed by atoms with E-state index in [1.807, 2.05) is 17.4 Å². The molecule has 0 unspecified atom stereocenters. The standard InChI is InChI=1S/C22H16S/c1-2-8-17(9-3-1)14-15-18-10-4-6-12-20(18)22-16-19-11-5-7-13-21(19)23-22/h1-16H/b15-14+. The fourth-order valence-corrected chi connectivity index (χ4v) is 3.84. The summed E-state index contributed by atoms with van der Waals surface area (Å²) in [7, 11) is 0. The van der Waals surface area contributed by atoms with Crippen LogP contribution in [-0.4, -0.2) is 0 Å². The molecule has 4 aromatic rings. The molecule has 1 heterocycles. The Labute approximate surface area is 140 Å².